The van der Waals surface area contributed by atoms with Crippen molar-refractivity contribution >= 4 is 29.1 Å². The molecule has 0 spiro atoms. The number of halogens is 2. The molecular weight excluding hydrogens is 487 g/mol. The second-order valence-corrected chi connectivity index (χ2v) is 10.1. The van der Waals surface area contributed by atoms with Crippen LogP contribution >= 0.6 is 23.2 Å². The van der Waals surface area contributed by atoms with Crippen LogP contribution in [0, 0.1) is 0 Å². The van der Waals surface area contributed by atoms with E-state index in [4.69, 9.17) is 23.2 Å². The quantitative estimate of drug-likeness (QED) is 0.263. The van der Waals surface area contributed by atoms with Crippen LogP contribution in [0.25, 0.3) is 0 Å². The van der Waals surface area contributed by atoms with Gasteiger partial charge in [0.15, 0.2) is 0 Å². The van der Waals surface area contributed by atoms with Gasteiger partial charge in [0.05, 0.1) is 12.5 Å². The Bertz CT molecular complexity index is 1160. The van der Waals surface area contributed by atoms with Crippen LogP contribution in [0.3, 0.4) is 0 Å². The molecule has 35 heavy (non-hydrogen) atoms. The fraction of sp³-hybridized carbons (Fsp3) is 0.296. The number of aliphatic hydroxyl groups is 1. The smallest absolute Gasteiger partial charge is 0.224 e. The summed E-state index contributed by atoms with van der Waals surface area (Å²) < 4.78 is 0. The summed E-state index contributed by atoms with van der Waals surface area (Å²) >= 11 is 12.2. The minimum absolute atomic E-state index is 0.102. The Labute approximate surface area is 215 Å². The minimum Gasteiger partial charge on any atom is -0.508 e. The Kier molecular flexibility index (Phi) is 9.03. The monoisotopic (exact) mass is 516 g/mol. The third-order valence-electron chi connectivity index (χ3n) is 5.57. The van der Waals surface area contributed by atoms with Crippen molar-refractivity contribution in [1.82, 2.24) is 10.6 Å². The molecule has 0 aliphatic carbocycles. The summed E-state index contributed by atoms with van der Waals surface area (Å²) in [5.74, 6) is -0.322. The molecule has 0 heterocycles. The summed E-state index contributed by atoms with van der Waals surface area (Å²) in [6.45, 7) is 4.58. The van der Waals surface area contributed by atoms with E-state index < -0.39 is 6.10 Å². The highest BCUT2D eigenvalue weighted by molar-refractivity contribution is 6.33. The maximum atomic E-state index is 12.5. The number of carbonyl (C=O) groups is 1. The lowest BCUT2D eigenvalue weighted by Crippen LogP contribution is -2.43. The maximum absolute atomic E-state index is 12.5. The number of rotatable bonds is 10. The Balaban J connectivity index is 1.54. The van der Waals surface area contributed by atoms with Crippen LogP contribution in [0.5, 0.6) is 11.5 Å². The molecule has 3 aromatic rings. The molecule has 6 nitrogen and oxygen atoms in total. The molecule has 0 bridgehead atoms. The maximum Gasteiger partial charge on any atom is 0.224 e. The van der Waals surface area contributed by atoms with E-state index >= 15 is 0 Å². The normalized spacial score (nSPS) is 12.4. The molecule has 0 aromatic heterocycles. The average Bonchev–Trinajstić information content (AvgIpc) is 2.77. The van der Waals surface area contributed by atoms with Gasteiger partial charge in [-0.1, -0.05) is 47.5 Å². The zero-order valence-electron chi connectivity index (χ0n) is 19.7. The van der Waals surface area contributed by atoms with Crippen molar-refractivity contribution in [3.63, 3.8) is 0 Å². The van der Waals surface area contributed by atoms with Gasteiger partial charge in [-0.25, -0.2) is 0 Å². The second-order valence-electron chi connectivity index (χ2n) is 9.25. The predicted molar refractivity (Wildman–Crippen MR) is 139 cm³/mol. The van der Waals surface area contributed by atoms with E-state index in [1.54, 1.807) is 18.2 Å². The van der Waals surface area contributed by atoms with E-state index in [1.165, 1.54) is 18.2 Å². The highest BCUT2D eigenvalue weighted by Gasteiger charge is 2.21. The number of nitrogens with one attached hydrogen (secondary N) is 2. The second kappa shape index (κ2) is 11.8. The molecule has 0 aliphatic rings. The van der Waals surface area contributed by atoms with Crippen molar-refractivity contribution in [2.45, 2.75) is 44.9 Å². The third kappa shape index (κ3) is 8.44. The molecule has 1 atom stereocenters. The first-order chi connectivity index (χ1) is 16.5. The molecule has 3 aromatic carbocycles. The number of hydrogen-bond donors (Lipinski definition) is 5. The number of phenolic OH excluding ortho intramolecular Hbond substituents is 2. The number of aromatic hydroxyl groups is 2. The molecule has 0 radical (unpaired) electrons. The van der Waals surface area contributed by atoms with E-state index in [2.05, 4.69) is 10.6 Å². The molecule has 1 amide bonds. The number of hydrogen-bond acceptors (Lipinski definition) is 5. The first-order valence-electron chi connectivity index (χ1n) is 11.3. The van der Waals surface area contributed by atoms with Crippen LogP contribution in [0.15, 0.2) is 60.7 Å². The average molecular weight is 517 g/mol. The Hall–Kier alpha value is -2.77. The molecule has 186 valence electrons. The van der Waals surface area contributed by atoms with Crippen molar-refractivity contribution in [2.24, 2.45) is 0 Å². The topological polar surface area (TPSA) is 102 Å². The minimum atomic E-state index is -0.893. The van der Waals surface area contributed by atoms with Crippen molar-refractivity contribution < 1.29 is 20.1 Å². The summed E-state index contributed by atoms with van der Waals surface area (Å²) in [4.78, 5) is 12.5. The van der Waals surface area contributed by atoms with Crippen LogP contribution in [0.1, 0.15) is 42.2 Å². The van der Waals surface area contributed by atoms with Gasteiger partial charge in [-0.05, 0) is 72.9 Å². The van der Waals surface area contributed by atoms with Crippen LogP contribution in [-0.4, -0.2) is 33.3 Å². The zero-order chi connectivity index (χ0) is 25.6. The highest BCUT2D eigenvalue weighted by atomic mass is 35.5. The van der Waals surface area contributed by atoms with Crippen molar-refractivity contribution in [1.29, 1.82) is 0 Å². The largest absolute Gasteiger partial charge is 0.508 e. The van der Waals surface area contributed by atoms with Gasteiger partial charge < -0.3 is 26.0 Å². The lowest BCUT2D eigenvalue weighted by Gasteiger charge is -2.28. The summed E-state index contributed by atoms with van der Waals surface area (Å²) in [5, 5.41) is 37.1. The van der Waals surface area contributed by atoms with Crippen LogP contribution in [-0.2, 0) is 24.2 Å². The first kappa shape index (κ1) is 26.8. The van der Waals surface area contributed by atoms with Crippen molar-refractivity contribution in [3.05, 3.63) is 93.0 Å². The van der Waals surface area contributed by atoms with Crippen molar-refractivity contribution in [2.75, 3.05) is 6.54 Å². The number of β-amino-alcohol motifs (C(OH)–C–C–N with tert-alkyl or cyclic N) is 1. The standard InChI is InChI=1S/C27H30Cl2N2O4/c1-27(2,31-16-25(34)19-11-22(32)13-23(33)12-19)14-18-5-3-4-17(8-18)9-26(35)30-15-20-10-21(28)6-7-24(20)29/h3-8,10-13,25,31-34H,9,14-16H2,1-2H3,(H,30,35). The zero-order valence-corrected chi connectivity index (χ0v) is 21.2. The molecule has 0 saturated heterocycles. The summed E-state index contributed by atoms with van der Waals surface area (Å²) in [5.41, 5.74) is 2.78. The number of carbonyl (C=O) groups excluding carboxylic acids is 1. The Morgan fingerprint density at radius 2 is 1.66 bits per heavy atom. The van der Waals surface area contributed by atoms with Gasteiger partial charge in [0.25, 0.3) is 0 Å². The van der Waals surface area contributed by atoms with Gasteiger partial charge >= 0.3 is 0 Å². The fourth-order valence-corrected chi connectivity index (χ4v) is 4.22. The summed E-state index contributed by atoms with van der Waals surface area (Å²) in [6.07, 6.45) is 0.00774. The van der Waals surface area contributed by atoms with Gasteiger partial charge in [-0.3, -0.25) is 4.79 Å². The Morgan fingerprint density at radius 1 is 0.971 bits per heavy atom. The lowest BCUT2D eigenvalue weighted by atomic mass is 9.93. The summed E-state index contributed by atoms with van der Waals surface area (Å²) in [6, 6.07) is 17.0. The lowest BCUT2D eigenvalue weighted by molar-refractivity contribution is -0.120. The van der Waals surface area contributed by atoms with Gasteiger partial charge in [-0.2, -0.15) is 0 Å². The third-order valence-corrected chi connectivity index (χ3v) is 6.17. The van der Waals surface area contributed by atoms with Crippen LogP contribution in [0.4, 0.5) is 0 Å². The number of phenols is 2. The van der Waals surface area contributed by atoms with E-state index in [-0.39, 0.29) is 35.9 Å². The SMILES string of the molecule is CC(C)(Cc1cccc(CC(=O)NCc2cc(Cl)ccc2Cl)c1)NCC(O)c1cc(O)cc(O)c1. The van der Waals surface area contributed by atoms with Gasteiger partial charge in [0.2, 0.25) is 5.91 Å². The van der Waals surface area contributed by atoms with E-state index in [9.17, 15) is 20.1 Å². The van der Waals surface area contributed by atoms with Crippen molar-refractivity contribution in [3.8, 4) is 11.5 Å². The predicted octanol–water partition coefficient (Wildman–Crippen LogP) is 4.91. The molecular formula is C27H30Cl2N2O4. The molecule has 0 fully saturated rings. The van der Waals surface area contributed by atoms with Gasteiger partial charge in [0.1, 0.15) is 11.5 Å². The molecule has 5 N–H and O–H groups in total. The molecule has 1 unspecified atom stereocenters. The van der Waals surface area contributed by atoms with Crippen LogP contribution < -0.4 is 10.6 Å². The Morgan fingerprint density at radius 3 is 2.37 bits per heavy atom. The van der Waals surface area contributed by atoms with E-state index in [0.717, 1.165) is 16.7 Å². The molecule has 0 aliphatic heterocycles. The fourth-order valence-electron chi connectivity index (χ4n) is 3.84. The van der Waals surface area contributed by atoms with Gasteiger partial charge in [-0.15, -0.1) is 0 Å². The van der Waals surface area contributed by atoms with E-state index in [0.29, 0.717) is 28.6 Å². The highest BCUT2D eigenvalue weighted by Crippen LogP contribution is 2.25. The van der Waals surface area contributed by atoms with Gasteiger partial charge in [0, 0.05) is 34.7 Å². The molecule has 8 heteroatoms. The van der Waals surface area contributed by atoms with Crippen LogP contribution in [0.2, 0.25) is 10.0 Å². The molecule has 0 saturated carbocycles. The first-order valence-corrected chi connectivity index (χ1v) is 12.0. The number of amides is 1. The summed E-state index contributed by atoms with van der Waals surface area (Å²) in [7, 11) is 0. The van der Waals surface area contributed by atoms with E-state index in [1.807, 2.05) is 38.1 Å². The molecule has 3 rings (SSSR count). The number of benzene rings is 3. The number of aliphatic hydroxyl groups excluding tert-OH is 1.